The molecule has 0 unspecified atom stereocenters. The molecule has 0 aliphatic carbocycles. The normalized spacial score (nSPS) is 10.8. The van der Waals surface area contributed by atoms with E-state index in [1.807, 2.05) is 0 Å². The van der Waals surface area contributed by atoms with Crippen molar-refractivity contribution < 1.29 is 9.34 Å². The molecule has 0 saturated heterocycles. The first-order valence-electron chi connectivity index (χ1n) is 5.98. The summed E-state index contributed by atoms with van der Waals surface area (Å²) in [4.78, 5) is 21.3. The number of non-ortho nitro benzene ring substituents is 1. The van der Waals surface area contributed by atoms with Gasteiger partial charge in [0.05, 0.1) is 11.3 Å². The van der Waals surface area contributed by atoms with Crippen LogP contribution < -0.4 is 5.32 Å². The van der Waals surface area contributed by atoms with E-state index in [9.17, 15) is 10.1 Å². The van der Waals surface area contributed by atoms with E-state index in [4.69, 9.17) is 4.42 Å². The number of fused-ring (bicyclic) bond motifs is 1. The second-order valence-corrected chi connectivity index (χ2v) is 4.18. The van der Waals surface area contributed by atoms with Gasteiger partial charge >= 0.3 is 0 Å². The lowest BCUT2D eigenvalue weighted by Crippen LogP contribution is -2.04. The highest BCUT2D eigenvalue weighted by atomic mass is 16.6. The smallest absolute Gasteiger partial charge is 0.295 e. The Morgan fingerprint density at radius 2 is 2.35 bits per heavy atom. The monoisotopic (exact) mass is 273 g/mol. The average molecular weight is 273 g/mol. The Labute approximate surface area is 113 Å². The lowest BCUT2D eigenvalue weighted by Gasteiger charge is -1.98. The summed E-state index contributed by atoms with van der Waals surface area (Å²) in [6.07, 6.45) is 4.11. The molecule has 0 amide bonds. The number of rotatable bonds is 5. The van der Waals surface area contributed by atoms with Gasteiger partial charge in [-0.1, -0.05) is 0 Å². The Morgan fingerprint density at radius 3 is 3.10 bits per heavy atom. The minimum Gasteiger partial charge on any atom is -0.424 e. The standard InChI is InChI=1S/C12H11N5O3/c18-17(19)9-1-2-11-10(5-9)16-12(20-11)14-4-3-8-6-13-7-15-8/h1-2,5-7H,3-4H2,(H,13,15)(H,14,16). The minimum absolute atomic E-state index is 0.00481. The van der Waals surface area contributed by atoms with Crippen LogP contribution in [0.15, 0.2) is 35.1 Å². The highest BCUT2D eigenvalue weighted by Gasteiger charge is 2.11. The first-order valence-corrected chi connectivity index (χ1v) is 5.98. The van der Waals surface area contributed by atoms with Crippen molar-refractivity contribution in [3.8, 4) is 0 Å². The Morgan fingerprint density at radius 1 is 1.45 bits per heavy atom. The highest BCUT2D eigenvalue weighted by Crippen LogP contribution is 2.23. The largest absolute Gasteiger partial charge is 0.424 e. The number of anilines is 1. The summed E-state index contributed by atoms with van der Waals surface area (Å²) < 4.78 is 5.45. The molecule has 3 rings (SSSR count). The summed E-state index contributed by atoms with van der Waals surface area (Å²) in [5.74, 6) is 0. The summed E-state index contributed by atoms with van der Waals surface area (Å²) in [7, 11) is 0. The van der Waals surface area contributed by atoms with E-state index in [1.54, 1.807) is 18.6 Å². The van der Waals surface area contributed by atoms with E-state index in [1.165, 1.54) is 12.1 Å². The van der Waals surface area contributed by atoms with Crippen LogP contribution in [0.4, 0.5) is 11.7 Å². The average Bonchev–Trinajstić information content (AvgIpc) is 3.06. The summed E-state index contributed by atoms with van der Waals surface area (Å²) in [6, 6.07) is 4.67. The van der Waals surface area contributed by atoms with Crippen LogP contribution in [0.3, 0.4) is 0 Å². The van der Waals surface area contributed by atoms with Crippen molar-refractivity contribution in [1.82, 2.24) is 15.0 Å². The molecule has 0 fully saturated rings. The molecule has 0 saturated carbocycles. The molecule has 0 atom stereocenters. The molecule has 1 aromatic carbocycles. The van der Waals surface area contributed by atoms with Crippen LogP contribution in [-0.2, 0) is 6.42 Å². The lowest BCUT2D eigenvalue weighted by molar-refractivity contribution is -0.384. The van der Waals surface area contributed by atoms with E-state index in [0.29, 0.717) is 23.7 Å². The molecule has 0 radical (unpaired) electrons. The van der Waals surface area contributed by atoms with Crippen LogP contribution in [0, 0.1) is 10.1 Å². The fourth-order valence-electron chi connectivity index (χ4n) is 1.83. The fraction of sp³-hybridized carbons (Fsp3) is 0.167. The third kappa shape index (κ3) is 2.44. The molecule has 8 nitrogen and oxygen atoms in total. The number of hydrogen-bond donors (Lipinski definition) is 2. The number of nitro benzene ring substituents is 1. The SMILES string of the molecule is O=[N+]([O-])c1ccc2oc(NCCc3cnc[nH]3)nc2c1. The van der Waals surface area contributed by atoms with Crippen molar-refractivity contribution in [2.75, 3.05) is 11.9 Å². The zero-order valence-corrected chi connectivity index (χ0v) is 10.4. The third-order valence-corrected chi connectivity index (χ3v) is 2.81. The highest BCUT2D eigenvalue weighted by molar-refractivity contribution is 5.77. The van der Waals surface area contributed by atoms with Crippen LogP contribution in [0.25, 0.3) is 11.1 Å². The van der Waals surface area contributed by atoms with E-state index in [0.717, 1.165) is 12.1 Å². The van der Waals surface area contributed by atoms with Crippen LogP contribution >= 0.6 is 0 Å². The number of benzene rings is 1. The summed E-state index contributed by atoms with van der Waals surface area (Å²) in [6.45, 7) is 0.622. The molecule has 0 spiro atoms. The predicted molar refractivity (Wildman–Crippen MR) is 71.4 cm³/mol. The summed E-state index contributed by atoms with van der Waals surface area (Å²) >= 11 is 0. The number of hydrogen-bond acceptors (Lipinski definition) is 6. The van der Waals surface area contributed by atoms with E-state index in [-0.39, 0.29) is 5.69 Å². The molecule has 2 N–H and O–H groups in total. The van der Waals surface area contributed by atoms with Crippen molar-refractivity contribution >= 4 is 22.8 Å². The van der Waals surface area contributed by atoms with Gasteiger partial charge in [-0.05, 0) is 6.07 Å². The zero-order valence-electron chi connectivity index (χ0n) is 10.4. The third-order valence-electron chi connectivity index (χ3n) is 2.81. The predicted octanol–water partition coefficient (Wildman–Crippen LogP) is 2.11. The van der Waals surface area contributed by atoms with Crippen LogP contribution in [0.2, 0.25) is 0 Å². The fourth-order valence-corrected chi connectivity index (χ4v) is 1.83. The van der Waals surface area contributed by atoms with Crippen molar-refractivity contribution in [2.45, 2.75) is 6.42 Å². The van der Waals surface area contributed by atoms with Crippen molar-refractivity contribution in [1.29, 1.82) is 0 Å². The van der Waals surface area contributed by atoms with Crippen LogP contribution in [0.5, 0.6) is 0 Å². The van der Waals surface area contributed by atoms with E-state index < -0.39 is 4.92 Å². The quantitative estimate of drug-likeness (QED) is 0.544. The van der Waals surface area contributed by atoms with Gasteiger partial charge in [0.25, 0.3) is 11.7 Å². The molecule has 0 bridgehead atoms. The summed E-state index contributed by atoms with van der Waals surface area (Å²) in [5.41, 5.74) is 1.97. The maximum atomic E-state index is 10.7. The van der Waals surface area contributed by atoms with Gasteiger partial charge in [-0.2, -0.15) is 4.98 Å². The number of nitrogens with zero attached hydrogens (tertiary/aromatic N) is 3. The molecular weight excluding hydrogens is 262 g/mol. The molecule has 8 heteroatoms. The maximum Gasteiger partial charge on any atom is 0.295 e. The Kier molecular flexibility index (Phi) is 3.04. The molecule has 2 aromatic heterocycles. The van der Waals surface area contributed by atoms with Gasteiger partial charge in [0.1, 0.15) is 5.52 Å². The van der Waals surface area contributed by atoms with Crippen LogP contribution in [-0.4, -0.2) is 26.4 Å². The number of aromatic amines is 1. The Bertz CT molecular complexity index is 735. The number of H-pyrrole nitrogens is 1. The molecular formula is C12H11N5O3. The summed E-state index contributed by atoms with van der Waals surface area (Å²) in [5, 5.41) is 13.7. The van der Waals surface area contributed by atoms with Gasteiger partial charge in [0.15, 0.2) is 5.58 Å². The number of imidazole rings is 1. The first kappa shape index (κ1) is 12.2. The molecule has 102 valence electrons. The van der Waals surface area contributed by atoms with Crippen molar-refractivity contribution in [3.05, 3.63) is 46.5 Å². The maximum absolute atomic E-state index is 10.7. The van der Waals surface area contributed by atoms with Crippen molar-refractivity contribution in [3.63, 3.8) is 0 Å². The van der Waals surface area contributed by atoms with Gasteiger partial charge in [0, 0.05) is 37.0 Å². The van der Waals surface area contributed by atoms with Crippen molar-refractivity contribution in [2.24, 2.45) is 0 Å². The van der Waals surface area contributed by atoms with Crippen LogP contribution in [0.1, 0.15) is 5.69 Å². The van der Waals surface area contributed by atoms with E-state index >= 15 is 0 Å². The first-order chi connectivity index (χ1) is 9.72. The number of nitrogens with one attached hydrogen (secondary N) is 2. The molecule has 2 heterocycles. The number of nitro groups is 1. The number of aromatic nitrogens is 3. The van der Waals surface area contributed by atoms with Gasteiger partial charge < -0.3 is 14.7 Å². The number of oxazole rings is 1. The Hall–Kier alpha value is -2.90. The molecule has 0 aliphatic heterocycles. The second-order valence-electron chi connectivity index (χ2n) is 4.18. The topological polar surface area (TPSA) is 110 Å². The van der Waals surface area contributed by atoms with Gasteiger partial charge in [0.2, 0.25) is 0 Å². The van der Waals surface area contributed by atoms with Gasteiger partial charge in [-0.25, -0.2) is 4.98 Å². The zero-order chi connectivity index (χ0) is 13.9. The minimum atomic E-state index is -0.459. The molecule has 20 heavy (non-hydrogen) atoms. The lowest BCUT2D eigenvalue weighted by atomic mass is 10.3. The molecule has 3 aromatic rings. The second kappa shape index (κ2) is 5.00. The van der Waals surface area contributed by atoms with Gasteiger partial charge in [-0.15, -0.1) is 0 Å². The molecule has 0 aliphatic rings. The Balaban J connectivity index is 1.70. The van der Waals surface area contributed by atoms with Gasteiger partial charge in [-0.3, -0.25) is 10.1 Å². The van der Waals surface area contributed by atoms with E-state index in [2.05, 4.69) is 20.3 Å².